The topological polar surface area (TPSA) is 33.1 Å². The summed E-state index contributed by atoms with van der Waals surface area (Å²) in [6, 6.07) is 5.84. The maximum atomic E-state index is 12.8. The first-order chi connectivity index (χ1) is 7.16. The summed E-state index contributed by atoms with van der Waals surface area (Å²) in [4.78, 5) is 4.02. The van der Waals surface area contributed by atoms with Crippen LogP contribution in [0.5, 0.6) is 5.75 Å². The molecule has 0 spiro atoms. The maximum absolute atomic E-state index is 12.8. The van der Waals surface area contributed by atoms with Gasteiger partial charge in [0.25, 0.3) is 0 Å². The molecule has 0 unspecified atom stereocenters. The fourth-order valence-corrected chi connectivity index (χ4v) is 1.45. The Morgan fingerprint density at radius 2 is 2.00 bits per heavy atom. The van der Waals surface area contributed by atoms with E-state index in [0.29, 0.717) is 5.56 Å². The molecule has 0 atom stereocenters. The molecule has 2 nitrogen and oxygen atoms in total. The van der Waals surface area contributed by atoms with Gasteiger partial charge in [-0.3, -0.25) is 4.98 Å². The number of rotatable bonds is 1. The number of pyridine rings is 1. The number of aromatic nitrogens is 1. The fraction of sp³-hybridized carbons (Fsp3) is 0.0833. The number of phenols is 1. The third-order valence-electron chi connectivity index (χ3n) is 2.15. The van der Waals surface area contributed by atoms with Gasteiger partial charge in [0, 0.05) is 29.6 Å². The molecular formula is C12H10FNO. The molecule has 2 rings (SSSR count). The van der Waals surface area contributed by atoms with Crippen molar-refractivity contribution in [1.82, 2.24) is 4.98 Å². The fourth-order valence-electron chi connectivity index (χ4n) is 1.45. The number of nitrogens with zero attached hydrogens (tertiary/aromatic N) is 1. The lowest BCUT2D eigenvalue weighted by molar-refractivity contribution is 0.471. The second-order valence-corrected chi connectivity index (χ2v) is 3.41. The Bertz CT molecular complexity index is 497. The molecule has 1 N–H and O–H groups in total. The molecule has 1 heterocycles. The van der Waals surface area contributed by atoms with Gasteiger partial charge in [-0.05, 0) is 30.7 Å². The summed E-state index contributed by atoms with van der Waals surface area (Å²) >= 11 is 0. The summed E-state index contributed by atoms with van der Waals surface area (Å²) in [5.74, 6) is -0.515. The first-order valence-corrected chi connectivity index (χ1v) is 4.57. The van der Waals surface area contributed by atoms with Crippen molar-refractivity contribution in [2.75, 3.05) is 0 Å². The van der Waals surface area contributed by atoms with Gasteiger partial charge in [0.05, 0.1) is 0 Å². The zero-order chi connectivity index (χ0) is 10.8. The first-order valence-electron chi connectivity index (χ1n) is 4.57. The van der Waals surface area contributed by atoms with Gasteiger partial charge in [0.15, 0.2) is 0 Å². The number of phenolic OH excluding ortho intramolecular Hbond substituents is 1. The third kappa shape index (κ3) is 1.96. The smallest absolute Gasteiger partial charge is 0.126 e. The van der Waals surface area contributed by atoms with Crippen LogP contribution in [0.1, 0.15) is 5.56 Å². The van der Waals surface area contributed by atoms with Crippen LogP contribution in [0, 0.1) is 12.7 Å². The normalized spacial score (nSPS) is 10.3. The van der Waals surface area contributed by atoms with Crippen molar-refractivity contribution in [2.24, 2.45) is 0 Å². The monoisotopic (exact) mass is 203 g/mol. The van der Waals surface area contributed by atoms with E-state index in [1.165, 1.54) is 6.07 Å². The van der Waals surface area contributed by atoms with E-state index in [2.05, 4.69) is 4.98 Å². The van der Waals surface area contributed by atoms with Crippen LogP contribution < -0.4 is 0 Å². The molecule has 0 saturated heterocycles. The first kappa shape index (κ1) is 9.65. The van der Waals surface area contributed by atoms with Crippen molar-refractivity contribution in [3.63, 3.8) is 0 Å². The summed E-state index contributed by atoms with van der Waals surface area (Å²) in [5.41, 5.74) is 2.37. The van der Waals surface area contributed by atoms with Gasteiger partial charge in [-0.2, -0.15) is 0 Å². The van der Waals surface area contributed by atoms with E-state index in [1.807, 2.05) is 13.0 Å². The molecule has 0 aliphatic heterocycles. The molecule has 0 bridgehead atoms. The Morgan fingerprint density at radius 1 is 1.20 bits per heavy atom. The Labute approximate surface area is 87.0 Å². The third-order valence-corrected chi connectivity index (χ3v) is 2.15. The summed E-state index contributed by atoms with van der Waals surface area (Å²) < 4.78 is 12.8. The highest BCUT2D eigenvalue weighted by atomic mass is 19.1. The number of aryl methyl sites for hydroxylation is 1. The predicted molar refractivity (Wildman–Crippen MR) is 56.0 cm³/mol. The summed E-state index contributed by atoms with van der Waals surface area (Å²) in [5, 5.41) is 9.57. The van der Waals surface area contributed by atoms with Crippen LogP contribution >= 0.6 is 0 Å². The predicted octanol–water partition coefficient (Wildman–Crippen LogP) is 2.90. The lowest BCUT2D eigenvalue weighted by atomic mass is 10.1. The molecule has 0 radical (unpaired) electrons. The number of benzene rings is 1. The Hall–Kier alpha value is -1.90. The Morgan fingerprint density at radius 3 is 2.67 bits per heavy atom. The average Bonchev–Trinajstić information content (AvgIpc) is 2.17. The van der Waals surface area contributed by atoms with Gasteiger partial charge in [0.2, 0.25) is 0 Å². The van der Waals surface area contributed by atoms with E-state index in [4.69, 9.17) is 0 Å². The van der Waals surface area contributed by atoms with Crippen molar-refractivity contribution in [1.29, 1.82) is 0 Å². The van der Waals surface area contributed by atoms with E-state index < -0.39 is 5.82 Å². The zero-order valence-corrected chi connectivity index (χ0v) is 8.24. The van der Waals surface area contributed by atoms with E-state index in [0.717, 1.165) is 17.2 Å². The Kier molecular flexibility index (Phi) is 2.37. The minimum Gasteiger partial charge on any atom is -0.507 e. The number of aromatic hydroxyl groups is 1. The van der Waals surface area contributed by atoms with Gasteiger partial charge in [-0.15, -0.1) is 0 Å². The van der Waals surface area contributed by atoms with Crippen LogP contribution in [0.15, 0.2) is 36.7 Å². The number of hydrogen-bond donors (Lipinski definition) is 1. The molecule has 0 aliphatic rings. The highest BCUT2D eigenvalue weighted by molar-refractivity contribution is 5.69. The van der Waals surface area contributed by atoms with E-state index >= 15 is 0 Å². The van der Waals surface area contributed by atoms with Gasteiger partial charge in [-0.1, -0.05) is 0 Å². The molecule has 0 amide bonds. The van der Waals surface area contributed by atoms with E-state index in [9.17, 15) is 9.50 Å². The average molecular weight is 203 g/mol. The maximum Gasteiger partial charge on any atom is 0.126 e. The number of halogens is 1. The SMILES string of the molecule is Cc1cncc(-c2ccc(F)cc2O)c1. The minimum atomic E-state index is -0.447. The number of hydrogen-bond acceptors (Lipinski definition) is 2. The van der Waals surface area contributed by atoms with Crippen molar-refractivity contribution in [2.45, 2.75) is 6.92 Å². The van der Waals surface area contributed by atoms with Crippen LogP contribution in [-0.4, -0.2) is 10.1 Å². The molecule has 2 aromatic rings. The molecule has 0 aliphatic carbocycles. The van der Waals surface area contributed by atoms with Crippen LogP contribution in [-0.2, 0) is 0 Å². The van der Waals surface area contributed by atoms with Crippen molar-refractivity contribution in [3.8, 4) is 16.9 Å². The van der Waals surface area contributed by atoms with Crippen molar-refractivity contribution >= 4 is 0 Å². The summed E-state index contributed by atoms with van der Waals surface area (Å²) in [6.45, 7) is 1.91. The second-order valence-electron chi connectivity index (χ2n) is 3.41. The minimum absolute atomic E-state index is 0.0672. The quantitative estimate of drug-likeness (QED) is 0.773. The van der Waals surface area contributed by atoms with Crippen LogP contribution in [0.25, 0.3) is 11.1 Å². The lowest BCUT2D eigenvalue weighted by Gasteiger charge is -2.04. The molecule has 15 heavy (non-hydrogen) atoms. The van der Waals surface area contributed by atoms with E-state index in [1.54, 1.807) is 18.5 Å². The molecule has 0 fully saturated rings. The van der Waals surface area contributed by atoms with Crippen molar-refractivity contribution < 1.29 is 9.50 Å². The van der Waals surface area contributed by atoms with Crippen molar-refractivity contribution in [3.05, 3.63) is 48.0 Å². The molecule has 76 valence electrons. The largest absolute Gasteiger partial charge is 0.507 e. The standard InChI is InChI=1S/C12H10FNO/c1-8-4-9(7-14-6-8)11-3-2-10(13)5-12(11)15/h2-7,15H,1H3. The molecule has 0 saturated carbocycles. The zero-order valence-electron chi connectivity index (χ0n) is 8.24. The van der Waals surface area contributed by atoms with Crippen LogP contribution in [0.4, 0.5) is 4.39 Å². The lowest BCUT2D eigenvalue weighted by Crippen LogP contribution is -1.84. The van der Waals surface area contributed by atoms with Crippen LogP contribution in [0.3, 0.4) is 0 Å². The molecule has 1 aromatic carbocycles. The second kappa shape index (κ2) is 3.69. The van der Waals surface area contributed by atoms with E-state index in [-0.39, 0.29) is 5.75 Å². The summed E-state index contributed by atoms with van der Waals surface area (Å²) in [7, 11) is 0. The van der Waals surface area contributed by atoms with Gasteiger partial charge < -0.3 is 5.11 Å². The van der Waals surface area contributed by atoms with Gasteiger partial charge >= 0.3 is 0 Å². The Balaban J connectivity index is 2.54. The highest BCUT2D eigenvalue weighted by Crippen LogP contribution is 2.29. The molecule has 1 aromatic heterocycles. The van der Waals surface area contributed by atoms with Crippen LogP contribution in [0.2, 0.25) is 0 Å². The van der Waals surface area contributed by atoms with Gasteiger partial charge in [-0.25, -0.2) is 4.39 Å². The molecule has 3 heteroatoms. The van der Waals surface area contributed by atoms with Gasteiger partial charge in [0.1, 0.15) is 11.6 Å². The molecular weight excluding hydrogens is 193 g/mol. The summed E-state index contributed by atoms with van der Waals surface area (Å²) in [6.07, 6.45) is 3.37. The highest BCUT2D eigenvalue weighted by Gasteiger charge is 2.05.